The Balaban J connectivity index is 1.98. The van der Waals surface area contributed by atoms with Gasteiger partial charge in [0.25, 0.3) is 0 Å². The van der Waals surface area contributed by atoms with Gasteiger partial charge >= 0.3 is 4.87 Å². The summed E-state index contributed by atoms with van der Waals surface area (Å²) in [5.41, 5.74) is 0.849. The number of rotatable bonds is 5. The van der Waals surface area contributed by atoms with Crippen LogP contribution < -0.4 is 9.71 Å². The van der Waals surface area contributed by atoms with E-state index in [-0.39, 0.29) is 22.6 Å². The molecule has 2 aromatic rings. The quantitative estimate of drug-likeness (QED) is 0.857. The fourth-order valence-electron chi connectivity index (χ4n) is 1.52. The Labute approximate surface area is 113 Å². The molecule has 0 saturated carbocycles. The van der Waals surface area contributed by atoms with Gasteiger partial charge in [0.2, 0.25) is 5.88 Å². The largest absolute Gasteiger partial charge is 0.494 e. The fourth-order valence-corrected chi connectivity index (χ4v) is 2.28. The van der Waals surface area contributed by atoms with E-state index in [9.17, 15) is 9.90 Å². The van der Waals surface area contributed by atoms with Gasteiger partial charge in [0.15, 0.2) is 0 Å². The second-order valence-electron chi connectivity index (χ2n) is 4.62. The maximum atomic E-state index is 11.1. The third kappa shape index (κ3) is 3.14. The molecule has 7 nitrogen and oxygen atoms in total. The molecule has 8 heteroatoms. The van der Waals surface area contributed by atoms with Crippen LogP contribution in [0.1, 0.15) is 43.2 Å². The number of nitrogens with zero attached hydrogens (tertiary/aromatic N) is 3. The molecule has 2 heterocycles. The molecule has 0 aliphatic carbocycles. The molecule has 19 heavy (non-hydrogen) atoms. The zero-order valence-electron chi connectivity index (χ0n) is 11.0. The lowest BCUT2D eigenvalue weighted by Gasteiger charge is -2.09. The Morgan fingerprint density at radius 2 is 2.26 bits per heavy atom. The van der Waals surface area contributed by atoms with Crippen LogP contribution in [0.15, 0.2) is 11.0 Å². The molecule has 0 aromatic carbocycles. The maximum Gasteiger partial charge on any atom is 0.307 e. The normalized spacial score (nSPS) is 12.8. The summed E-state index contributed by atoms with van der Waals surface area (Å²) in [7, 11) is 0. The molecule has 1 unspecified atom stereocenters. The highest BCUT2D eigenvalue weighted by atomic mass is 32.1. The van der Waals surface area contributed by atoms with Gasteiger partial charge in [0, 0.05) is 5.92 Å². The lowest BCUT2D eigenvalue weighted by molar-refractivity contribution is 0.0703. The van der Waals surface area contributed by atoms with E-state index >= 15 is 0 Å². The topological polar surface area (TPSA) is 93.0 Å². The Morgan fingerprint density at radius 1 is 1.53 bits per heavy atom. The first-order chi connectivity index (χ1) is 8.97. The fraction of sp³-hybridized carbons (Fsp3) is 0.545. The van der Waals surface area contributed by atoms with Gasteiger partial charge in [-0.1, -0.05) is 37.0 Å². The van der Waals surface area contributed by atoms with Crippen molar-refractivity contribution in [2.45, 2.75) is 32.6 Å². The number of hydrogen-bond acceptors (Lipinski definition) is 6. The Morgan fingerprint density at radius 3 is 2.79 bits per heavy atom. The zero-order chi connectivity index (χ0) is 14.0. The van der Waals surface area contributed by atoms with E-state index in [1.807, 2.05) is 20.8 Å². The van der Waals surface area contributed by atoms with E-state index in [0.29, 0.717) is 11.5 Å². The smallest absolute Gasteiger partial charge is 0.307 e. The highest BCUT2D eigenvalue weighted by Crippen LogP contribution is 2.25. The Kier molecular flexibility index (Phi) is 3.89. The molecule has 2 N–H and O–H groups in total. The average Bonchev–Trinajstić information content (AvgIpc) is 2.93. The van der Waals surface area contributed by atoms with Crippen molar-refractivity contribution in [3.63, 3.8) is 0 Å². The summed E-state index contributed by atoms with van der Waals surface area (Å²) in [5.74, 6) is 0.0805. The molecule has 0 saturated heterocycles. The molecular weight excluding hydrogens is 268 g/mol. The lowest BCUT2D eigenvalue weighted by Crippen LogP contribution is -2.17. The van der Waals surface area contributed by atoms with E-state index in [1.54, 1.807) is 6.20 Å². The van der Waals surface area contributed by atoms with Gasteiger partial charge in [0.1, 0.15) is 6.61 Å². The number of hydrogen-bond donors (Lipinski definition) is 2. The predicted octanol–water partition coefficient (Wildman–Crippen LogP) is 1.09. The van der Waals surface area contributed by atoms with Crippen LogP contribution >= 0.6 is 11.3 Å². The van der Waals surface area contributed by atoms with Gasteiger partial charge in [-0.2, -0.15) is 0 Å². The number of thiazole rings is 1. The van der Waals surface area contributed by atoms with E-state index in [0.717, 1.165) is 17.0 Å². The number of aromatic nitrogens is 4. The summed E-state index contributed by atoms with van der Waals surface area (Å²) in [6, 6.07) is 0. The van der Waals surface area contributed by atoms with Crippen LogP contribution in [0.4, 0.5) is 0 Å². The van der Waals surface area contributed by atoms with Crippen molar-refractivity contribution < 1.29 is 9.94 Å². The number of H-pyrrole nitrogens is 1. The van der Waals surface area contributed by atoms with Crippen LogP contribution in [0.5, 0.6) is 5.88 Å². The minimum atomic E-state index is -0.276. The highest BCUT2D eigenvalue weighted by Gasteiger charge is 2.16. The van der Waals surface area contributed by atoms with Crippen molar-refractivity contribution in [3.05, 3.63) is 26.4 Å². The molecule has 0 radical (unpaired) electrons. The minimum Gasteiger partial charge on any atom is -0.494 e. The van der Waals surface area contributed by atoms with Gasteiger partial charge in [-0.15, -0.1) is 5.10 Å². The molecular formula is C11H16N4O3S. The van der Waals surface area contributed by atoms with Crippen molar-refractivity contribution in [1.82, 2.24) is 20.1 Å². The van der Waals surface area contributed by atoms with Crippen LogP contribution in [-0.2, 0) is 0 Å². The standard InChI is InChI=1S/C11H16N4O3S/c1-6(2)8-4-15(14-13-8)18-5-7(3)9-10(16)12-11(17)19-9/h4,6-7,16H,5H2,1-3H3,(H,12,17). The predicted molar refractivity (Wildman–Crippen MR) is 70.6 cm³/mol. The van der Waals surface area contributed by atoms with E-state index in [2.05, 4.69) is 15.3 Å². The van der Waals surface area contributed by atoms with Gasteiger partial charge in [-0.3, -0.25) is 9.78 Å². The third-order valence-corrected chi connectivity index (χ3v) is 3.75. The highest BCUT2D eigenvalue weighted by molar-refractivity contribution is 7.09. The molecule has 0 bridgehead atoms. The van der Waals surface area contributed by atoms with Gasteiger partial charge in [0.05, 0.1) is 16.8 Å². The van der Waals surface area contributed by atoms with Gasteiger partial charge in [-0.25, -0.2) is 0 Å². The summed E-state index contributed by atoms with van der Waals surface area (Å²) in [6.07, 6.45) is 1.72. The Hall–Kier alpha value is -1.83. The molecule has 1 atom stereocenters. The maximum absolute atomic E-state index is 11.1. The number of nitrogens with one attached hydrogen (secondary N) is 1. The summed E-state index contributed by atoms with van der Waals surface area (Å²) >= 11 is 0.981. The third-order valence-electron chi connectivity index (χ3n) is 2.64. The molecule has 0 amide bonds. The first-order valence-electron chi connectivity index (χ1n) is 5.95. The molecule has 104 valence electrons. The van der Waals surface area contributed by atoms with Crippen LogP contribution in [-0.4, -0.2) is 31.9 Å². The van der Waals surface area contributed by atoms with Crippen molar-refractivity contribution in [3.8, 4) is 5.88 Å². The van der Waals surface area contributed by atoms with Crippen LogP contribution in [0.25, 0.3) is 0 Å². The van der Waals surface area contributed by atoms with Gasteiger partial charge < -0.3 is 9.94 Å². The van der Waals surface area contributed by atoms with Crippen molar-refractivity contribution in [1.29, 1.82) is 0 Å². The van der Waals surface area contributed by atoms with E-state index < -0.39 is 0 Å². The molecule has 0 aliphatic heterocycles. The molecule has 0 fully saturated rings. The van der Waals surface area contributed by atoms with Crippen LogP contribution in [0, 0.1) is 0 Å². The summed E-state index contributed by atoms with van der Waals surface area (Å²) in [5, 5.41) is 17.4. The Bertz CT molecular complexity index is 601. The van der Waals surface area contributed by atoms with Crippen LogP contribution in [0.3, 0.4) is 0 Å². The van der Waals surface area contributed by atoms with Crippen molar-refractivity contribution >= 4 is 11.3 Å². The summed E-state index contributed by atoms with van der Waals surface area (Å²) in [4.78, 5) is 20.5. The molecule has 0 aliphatic rings. The zero-order valence-corrected chi connectivity index (χ0v) is 11.8. The molecule has 2 aromatic heterocycles. The summed E-state index contributed by atoms with van der Waals surface area (Å²) in [6.45, 7) is 6.19. The molecule has 2 rings (SSSR count). The minimum absolute atomic E-state index is 0.0902. The SMILES string of the molecule is CC(C)c1cn(OCC(C)c2sc(=O)[nH]c2O)nn1. The number of aromatic hydroxyl groups is 1. The second kappa shape index (κ2) is 5.43. The van der Waals surface area contributed by atoms with E-state index in [4.69, 9.17) is 4.84 Å². The second-order valence-corrected chi connectivity index (χ2v) is 5.64. The summed E-state index contributed by atoms with van der Waals surface area (Å²) < 4.78 is 0. The van der Waals surface area contributed by atoms with E-state index in [1.165, 1.54) is 4.85 Å². The molecule has 0 spiro atoms. The van der Waals surface area contributed by atoms with Gasteiger partial charge in [-0.05, 0) is 11.1 Å². The lowest BCUT2D eigenvalue weighted by atomic mass is 10.2. The average molecular weight is 284 g/mol. The number of aromatic amines is 1. The van der Waals surface area contributed by atoms with Crippen molar-refractivity contribution in [2.75, 3.05) is 6.61 Å². The first kappa shape index (κ1) is 13.6. The van der Waals surface area contributed by atoms with Crippen molar-refractivity contribution in [2.24, 2.45) is 0 Å². The van der Waals surface area contributed by atoms with Crippen LogP contribution in [0.2, 0.25) is 0 Å². The first-order valence-corrected chi connectivity index (χ1v) is 6.76. The monoisotopic (exact) mass is 284 g/mol.